The third-order valence-corrected chi connectivity index (χ3v) is 4.42. The van der Waals surface area contributed by atoms with Gasteiger partial charge in [-0.05, 0) is 6.42 Å². The first-order valence-electron chi connectivity index (χ1n) is 10.7. The molecule has 0 rings (SSSR count). The van der Waals surface area contributed by atoms with Crippen LogP contribution in [0.25, 0.3) is 0 Å². The molecule has 0 unspecified atom stereocenters. The highest BCUT2D eigenvalue weighted by molar-refractivity contribution is 5.85. The van der Waals surface area contributed by atoms with Crippen molar-refractivity contribution in [3.63, 3.8) is 0 Å². The Hall–Kier alpha value is -0.440. The van der Waals surface area contributed by atoms with Crippen LogP contribution in [-0.4, -0.2) is 45.7 Å². The lowest BCUT2D eigenvalue weighted by molar-refractivity contribution is -0.137. The SMILES string of the molecule is CCCCCCCCCCCCCCCCCC(=O)O.Cl.N.N.OCC(O)CO. The Bertz CT molecular complexity index is 284. The Labute approximate surface area is 185 Å². The summed E-state index contributed by atoms with van der Waals surface area (Å²) in [6.07, 6.45) is 19.2. The van der Waals surface area contributed by atoms with Crippen molar-refractivity contribution in [3.05, 3.63) is 0 Å². The van der Waals surface area contributed by atoms with E-state index in [1.807, 2.05) is 0 Å². The van der Waals surface area contributed by atoms with Crippen LogP contribution in [0.4, 0.5) is 0 Å². The molecular formula is C21H51ClN2O5. The van der Waals surface area contributed by atoms with Gasteiger partial charge in [0.15, 0.2) is 0 Å². The molecule has 0 aromatic rings. The molecule has 0 radical (unpaired) electrons. The summed E-state index contributed by atoms with van der Waals surface area (Å²) >= 11 is 0. The first-order valence-corrected chi connectivity index (χ1v) is 10.7. The molecule has 0 aliphatic heterocycles. The maximum Gasteiger partial charge on any atom is 0.303 e. The Kier molecular flexibility index (Phi) is 47.2. The van der Waals surface area contributed by atoms with Gasteiger partial charge in [-0.25, -0.2) is 0 Å². The summed E-state index contributed by atoms with van der Waals surface area (Å²) in [5.74, 6) is -0.653. The van der Waals surface area contributed by atoms with Crippen LogP contribution in [-0.2, 0) is 4.79 Å². The number of hydrogen-bond acceptors (Lipinski definition) is 6. The molecule has 0 bridgehead atoms. The molecule has 0 fully saturated rings. The maximum atomic E-state index is 10.3. The second-order valence-electron chi connectivity index (χ2n) is 7.11. The van der Waals surface area contributed by atoms with Crippen LogP contribution in [0, 0.1) is 0 Å². The highest BCUT2D eigenvalue weighted by Gasteiger charge is 1.97. The van der Waals surface area contributed by atoms with E-state index in [1.54, 1.807) is 0 Å². The van der Waals surface area contributed by atoms with Gasteiger partial charge in [-0.3, -0.25) is 4.79 Å². The zero-order chi connectivity index (χ0) is 19.9. The van der Waals surface area contributed by atoms with Crippen LogP contribution in [0.2, 0.25) is 0 Å². The zero-order valence-corrected chi connectivity index (χ0v) is 19.6. The Morgan fingerprint density at radius 1 is 0.655 bits per heavy atom. The second-order valence-corrected chi connectivity index (χ2v) is 7.11. The number of carbonyl (C=O) groups is 1. The number of aliphatic hydroxyl groups is 3. The normalized spacial score (nSPS) is 9.55. The number of halogens is 1. The summed E-state index contributed by atoms with van der Waals surface area (Å²) in [5, 5.41) is 32.5. The Morgan fingerprint density at radius 3 is 1.14 bits per heavy atom. The summed E-state index contributed by atoms with van der Waals surface area (Å²) in [6, 6.07) is 0. The average molecular weight is 447 g/mol. The molecule has 0 heterocycles. The van der Waals surface area contributed by atoms with Crippen molar-refractivity contribution >= 4 is 18.4 Å². The summed E-state index contributed by atoms with van der Waals surface area (Å²) in [5.41, 5.74) is 0. The quantitative estimate of drug-likeness (QED) is 0.153. The number of aliphatic carboxylic acids is 1. The fraction of sp³-hybridized carbons (Fsp3) is 0.952. The monoisotopic (exact) mass is 446 g/mol. The lowest BCUT2D eigenvalue weighted by Crippen LogP contribution is -2.15. The van der Waals surface area contributed by atoms with Crippen molar-refractivity contribution in [2.24, 2.45) is 0 Å². The van der Waals surface area contributed by atoms with Gasteiger partial charge in [0.1, 0.15) is 6.10 Å². The molecule has 8 heteroatoms. The lowest BCUT2D eigenvalue weighted by atomic mass is 10.0. The van der Waals surface area contributed by atoms with Gasteiger partial charge >= 0.3 is 5.97 Å². The lowest BCUT2D eigenvalue weighted by Gasteiger charge is -2.03. The largest absolute Gasteiger partial charge is 0.481 e. The molecule has 0 atom stereocenters. The molecule has 0 saturated carbocycles. The molecule has 7 nitrogen and oxygen atoms in total. The fourth-order valence-corrected chi connectivity index (χ4v) is 2.71. The van der Waals surface area contributed by atoms with E-state index in [1.165, 1.54) is 83.5 Å². The first kappa shape index (κ1) is 39.1. The predicted molar refractivity (Wildman–Crippen MR) is 125 cm³/mol. The molecule has 29 heavy (non-hydrogen) atoms. The highest BCUT2D eigenvalue weighted by atomic mass is 35.5. The van der Waals surface area contributed by atoms with Crippen molar-refractivity contribution in [1.82, 2.24) is 12.3 Å². The van der Waals surface area contributed by atoms with E-state index in [4.69, 9.17) is 20.4 Å². The highest BCUT2D eigenvalue weighted by Crippen LogP contribution is 2.13. The van der Waals surface area contributed by atoms with Crippen LogP contribution in [0.3, 0.4) is 0 Å². The molecule has 182 valence electrons. The van der Waals surface area contributed by atoms with E-state index >= 15 is 0 Å². The molecule has 0 aromatic heterocycles. The smallest absolute Gasteiger partial charge is 0.303 e. The van der Waals surface area contributed by atoms with Crippen LogP contribution < -0.4 is 12.3 Å². The van der Waals surface area contributed by atoms with Crippen LogP contribution >= 0.6 is 12.4 Å². The standard InChI is InChI=1S/C18H36O2.C3H8O3.ClH.2H3N/c1-2-3-4-5-6-7-8-9-10-11-12-13-14-15-16-17-18(19)20;4-1-3(6)2-5;;;/h2-17H2,1H3,(H,19,20);3-6H,1-2H2;1H;2*1H3. The van der Waals surface area contributed by atoms with Crippen molar-refractivity contribution < 1.29 is 25.2 Å². The second kappa shape index (κ2) is 35.0. The Balaban J connectivity index is -0.000000186. The van der Waals surface area contributed by atoms with Crippen molar-refractivity contribution in [2.45, 2.75) is 116 Å². The minimum absolute atomic E-state index is 0. The van der Waals surface area contributed by atoms with Crippen LogP contribution in [0.1, 0.15) is 110 Å². The van der Waals surface area contributed by atoms with Crippen molar-refractivity contribution in [2.75, 3.05) is 13.2 Å². The summed E-state index contributed by atoms with van der Waals surface area (Å²) in [7, 11) is 0. The topological polar surface area (TPSA) is 168 Å². The number of carboxylic acid groups (broad SMARTS) is 1. The number of aliphatic hydroxyl groups excluding tert-OH is 3. The van der Waals surface area contributed by atoms with Gasteiger partial charge in [0, 0.05) is 6.42 Å². The number of carboxylic acids is 1. The molecule has 10 N–H and O–H groups in total. The van der Waals surface area contributed by atoms with Crippen molar-refractivity contribution in [3.8, 4) is 0 Å². The van der Waals surface area contributed by atoms with E-state index < -0.39 is 12.1 Å². The van der Waals surface area contributed by atoms with Gasteiger partial charge < -0.3 is 32.7 Å². The van der Waals surface area contributed by atoms with Gasteiger partial charge in [0.25, 0.3) is 0 Å². The van der Waals surface area contributed by atoms with E-state index in [0.717, 1.165) is 12.8 Å². The maximum absolute atomic E-state index is 10.3. The van der Waals surface area contributed by atoms with E-state index in [-0.39, 0.29) is 37.9 Å². The minimum Gasteiger partial charge on any atom is -0.481 e. The first-order chi connectivity index (χ1) is 12.6. The van der Waals surface area contributed by atoms with E-state index in [9.17, 15) is 4.79 Å². The molecule has 0 aliphatic carbocycles. The molecule has 0 aromatic carbocycles. The predicted octanol–water partition coefficient (Wildman–Crippen LogP) is 5.41. The minimum atomic E-state index is -0.954. The van der Waals surface area contributed by atoms with Crippen LogP contribution in [0.15, 0.2) is 0 Å². The average Bonchev–Trinajstić information content (AvgIpc) is 2.64. The molecule has 0 spiro atoms. The van der Waals surface area contributed by atoms with E-state index in [0.29, 0.717) is 6.42 Å². The van der Waals surface area contributed by atoms with Gasteiger partial charge in [-0.2, -0.15) is 0 Å². The van der Waals surface area contributed by atoms with E-state index in [2.05, 4.69) is 6.92 Å². The van der Waals surface area contributed by atoms with Crippen LogP contribution in [0.5, 0.6) is 0 Å². The summed E-state index contributed by atoms with van der Waals surface area (Å²) in [4.78, 5) is 10.3. The van der Waals surface area contributed by atoms with Gasteiger partial charge in [-0.1, -0.05) is 96.8 Å². The van der Waals surface area contributed by atoms with Gasteiger partial charge in [-0.15, -0.1) is 12.4 Å². The molecule has 0 saturated heterocycles. The fourth-order valence-electron chi connectivity index (χ4n) is 2.71. The summed E-state index contributed by atoms with van der Waals surface area (Å²) in [6.45, 7) is 1.54. The third-order valence-electron chi connectivity index (χ3n) is 4.42. The molecule has 0 aliphatic rings. The number of unbranched alkanes of at least 4 members (excludes halogenated alkanes) is 14. The molecular weight excluding hydrogens is 396 g/mol. The Morgan fingerprint density at radius 2 is 0.931 bits per heavy atom. The third kappa shape index (κ3) is 42.6. The van der Waals surface area contributed by atoms with Gasteiger partial charge in [0.2, 0.25) is 0 Å². The van der Waals surface area contributed by atoms with Gasteiger partial charge in [0.05, 0.1) is 13.2 Å². The number of rotatable bonds is 18. The summed E-state index contributed by atoms with van der Waals surface area (Å²) < 4.78 is 0. The molecule has 0 amide bonds. The zero-order valence-electron chi connectivity index (χ0n) is 18.8. The number of hydrogen-bond donors (Lipinski definition) is 6. The van der Waals surface area contributed by atoms with Crippen molar-refractivity contribution in [1.29, 1.82) is 0 Å².